The number of nitrogens with zero attached hydrogens (tertiary/aromatic N) is 4. The molecule has 0 aliphatic heterocycles. The van der Waals surface area contributed by atoms with Gasteiger partial charge in [-0.2, -0.15) is 5.10 Å². The van der Waals surface area contributed by atoms with Crippen molar-refractivity contribution < 1.29 is 0 Å². The van der Waals surface area contributed by atoms with Gasteiger partial charge in [-0.25, -0.2) is 9.97 Å². The number of H-pyrrole nitrogens is 1. The van der Waals surface area contributed by atoms with Crippen LogP contribution in [0.25, 0.3) is 11.5 Å². The first kappa shape index (κ1) is 11.5. The van der Waals surface area contributed by atoms with Crippen LogP contribution in [0.5, 0.6) is 0 Å². The van der Waals surface area contributed by atoms with Gasteiger partial charge in [-0.15, -0.1) is 0 Å². The van der Waals surface area contributed by atoms with Crippen LogP contribution in [0, 0.1) is 0 Å². The van der Waals surface area contributed by atoms with E-state index in [1.807, 2.05) is 30.3 Å². The fraction of sp³-hybridized carbons (Fsp3) is 0.0769. The van der Waals surface area contributed by atoms with E-state index in [1.54, 1.807) is 18.6 Å². The Hall–Kier alpha value is -2.60. The van der Waals surface area contributed by atoms with E-state index in [9.17, 15) is 0 Å². The average molecular weight is 252 g/mol. The summed E-state index contributed by atoms with van der Waals surface area (Å²) < 4.78 is 0. The van der Waals surface area contributed by atoms with Gasteiger partial charge in [0.2, 0.25) is 5.82 Å². The van der Waals surface area contributed by atoms with E-state index >= 15 is 0 Å². The largest absolute Gasteiger partial charge is 0.318 e. The molecule has 0 spiro atoms. The summed E-state index contributed by atoms with van der Waals surface area (Å²) in [5.41, 5.74) is 7.73. The third kappa shape index (κ3) is 2.34. The zero-order chi connectivity index (χ0) is 13.1. The van der Waals surface area contributed by atoms with Crippen molar-refractivity contribution >= 4 is 0 Å². The molecule has 0 unspecified atom stereocenters. The van der Waals surface area contributed by atoms with Crippen molar-refractivity contribution in [3.63, 3.8) is 0 Å². The zero-order valence-electron chi connectivity index (χ0n) is 10.1. The van der Waals surface area contributed by atoms with Gasteiger partial charge >= 0.3 is 0 Å². The number of rotatable bonds is 3. The van der Waals surface area contributed by atoms with E-state index in [0.29, 0.717) is 17.3 Å². The molecule has 0 radical (unpaired) electrons. The Morgan fingerprint density at radius 2 is 1.95 bits per heavy atom. The molecule has 1 atom stereocenters. The summed E-state index contributed by atoms with van der Waals surface area (Å²) in [5, 5.41) is 6.96. The van der Waals surface area contributed by atoms with Gasteiger partial charge < -0.3 is 5.73 Å². The molecule has 0 bridgehead atoms. The van der Waals surface area contributed by atoms with E-state index in [-0.39, 0.29) is 6.04 Å². The van der Waals surface area contributed by atoms with E-state index < -0.39 is 0 Å². The van der Waals surface area contributed by atoms with Gasteiger partial charge in [0.15, 0.2) is 0 Å². The van der Waals surface area contributed by atoms with Crippen LogP contribution in [-0.2, 0) is 0 Å². The summed E-state index contributed by atoms with van der Waals surface area (Å²) in [7, 11) is 0. The Kier molecular flexibility index (Phi) is 2.99. The van der Waals surface area contributed by atoms with Crippen molar-refractivity contribution in [1.29, 1.82) is 0 Å². The number of benzene rings is 1. The molecule has 3 aromatic rings. The lowest BCUT2D eigenvalue weighted by atomic mass is 10.1. The highest BCUT2D eigenvalue weighted by molar-refractivity contribution is 5.46. The summed E-state index contributed by atoms with van der Waals surface area (Å²) in [6, 6.07) is 9.40. The Bertz CT molecular complexity index is 649. The summed E-state index contributed by atoms with van der Waals surface area (Å²) >= 11 is 0. The minimum atomic E-state index is -0.334. The normalized spacial score (nSPS) is 12.3. The molecule has 0 amide bonds. The lowest BCUT2D eigenvalue weighted by Crippen LogP contribution is -2.13. The second kappa shape index (κ2) is 4.95. The fourth-order valence-corrected chi connectivity index (χ4v) is 1.76. The molecule has 3 N–H and O–H groups in total. The quantitative estimate of drug-likeness (QED) is 0.733. The number of hydrogen-bond donors (Lipinski definition) is 2. The number of nitrogens with two attached hydrogens (primary N) is 1. The standard InChI is InChI=1S/C13H12N6/c14-11(9-4-2-1-3-5-9)13-17-12(18-19-13)10-8-15-6-7-16-10/h1-8,11H,14H2,(H,17,18,19)/t11-/m0/s1. The Morgan fingerprint density at radius 1 is 1.11 bits per heavy atom. The first-order valence-corrected chi connectivity index (χ1v) is 5.84. The molecule has 0 fully saturated rings. The molecule has 6 nitrogen and oxygen atoms in total. The van der Waals surface area contributed by atoms with Crippen molar-refractivity contribution in [2.24, 2.45) is 5.73 Å². The molecule has 1 aromatic carbocycles. The average Bonchev–Trinajstić information content (AvgIpc) is 2.98. The third-order valence-electron chi connectivity index (χ3n) is 2.75. The molecule has 2 heterocycles. The predicted octanol–water partition coefficient (Wildman–Crippen LogP) is 1.31. The molecule has 0 saturated heterocycles. The monoisotopic (exact) mass is 252 g/mol. The van der Waals surface area contributed by atoms with Crippen LogP contribution in [-0.4, -0.2) is 25.1 Å². The molecule has 94 valence electrons. The first-order chi connectivity index (χ1) is 9.34. The van der Waals surface area contributed by atoms with Crippen LogP contribution in [0.1, 0.15) is 17.4 Å². The van der Waals surface area contributed by atoms with Crippen molar-refractivity contribution in [2.45, 2.75) is 6.04 Å². The second-order valence-corrected chi connectivity index (χ2v) is 4.02. The Labute approximate surface area is 109 Å². The van der Waals surface area contributed by atoms with Crippen molar-refractivity contribution in [2.75, 3.05) is 0 Å². The summed E-state index contributed by atoms with van der Waals surface area (Å²) in [4.78, 5) is 12.5. The van der Waals surface area contributed by atoms with Crippen molar-refractivity contribution in [1.82, 2.24) is 25.1 Å². The third-order valence-corrected chi connectivity index (χ3v) is 2.75. The van der Waals surface area contributed by atoms with Gasteiger partial charge in [0, 0.05) is 12.4 Å². The predicted molar refractivity (Wildman–Crippen MR) is 69.9 cm³/mol. The Morgan fingerprint density at radius 3 is 2.68 bits per heavy atom. The first-order valence-electron chi connectivity index (χ1n) is 5.84. The summed E-state index contributed by atoms with van der Waals surface area (Å²) in [5.74, 6) is 1.10. The number of aromatic nitrogens is 5. The summed E-state index contributed by atoms with van der Waals surface area (Å²) in [6.07, 6.45) is 4.82. The maximum absolute atomic E-state index is 6.14. The second-order valence-electron chi connectivity index (χ2n) is 4.02. The maximum atomic E-state index is 6.14. The lowest BCUT2D eigenvalue weighted by Gasteiger charge is -2.07. The lowest BCUT2D eigenvalue weighted by molar-refractivity contribution is 0.787. The van der Waals surface area contributed by atoms with Crippen LogP contribution in [0.4, 0.5) is 0 Å². The highest BCUT2D eigenvalue weighted by atomic mass is 15.2. The molecule has 19 heavy (non-hydrogen) atoms. The smallest absolute Gasteiger partial charge is 0.201 e. The number of hydrogen-bond acceptors (Lipinski definition) is 5. The SMILES string of the molecule is N[C@@H](c1ccccc1)c1nc(-c2cnccn2)n[nH]1. The van der Waals surface area contributed by atoms with Crippen molar-refractivity contribution in [3.8, 4) is 11.5 Å². The zero-order valence-corrected chi connectivity index (χ0v) is 10.1. The maximum Gasteiger partial charge on any atom is 0.201 e. The van der Waals surface area contributed by atoms with Gasteiger partial charge in [-0.1, -0.05) is 30.3 Å². The molecular formula is C13H12N6. The van der Waals surface area contributed by atoms with E-state index in [4.69, 9.17) is 5.73 Å². The van der Waals surface area contributed by atoms with Gasteiger partial charge in [0.25, 0.3) is 0 Å². The number of nitrogens with one attached hydrogen (secondary N) is 1. The van der Waals surface area contributed by atoms with Gasteiger partial charge in [-0.3, -0.25) is 10.1 Å². The molecule has 3 rings (SSSR count). The van der Waals surface area contributed by atoms with Gasteiger partial charge in [0.05, 0.1) is 12.2 Å². The van der Waals surface area contributed by atoms with E-state index in [2.05, 4.69) is 25.1 Å². The van der Waals surface area contributed by atoms with Crippen molar-refractivity contribution in [3.05, 3.63) is 60.3 Å². The molecule has 0 aliphatic carbocycles. The topological polar surface area (TPSA) is 93.4 Å². The van der Waals surface area contributed by atoms with Crippen LogP contribution in [0.15, 0.2) is 48.9 Å². The minimum Gasteiger partial charge on any atom is -0.318 e. The fourth-order valence-electron chi connectivity index (χ4n) is 1.76. The van der Waals surface area contributed by atoms with E-state index in [1.165, 1.54) is 0 Å². The summed E-state index contributed by atoms with van der Waals surface area (Å²) in [6.45, 7) is 0. The molecule has 0 saturated carbocycles. The van der Waals surface area contributed by atoms with Gasteiger partial charge in [0.1, 0.15) is 11.5 Å². The van der Waals surface area contributed by atoms with Crippen LogP contribution in [0.2, 0.25) is 0 Å². The molecule has 0 aliphatic rings. The number of aromatic amines is 1. The highest BCUT2D eigenvalue weighted by Gasteiger charge is 2.14. The molecular weight excluding hydrogens is 240 g/mol. The van der Waals surface area contributed by atoms with Gasteiger partial charge in [-0.05, 0) is 5.56 Å². The molecule has 2 aromatic heterocycles. The van der Waals surface area contributed by atoms with Crippen LogP contribution in [0.3, 0.4) is 0 Å². The van der Waals surface area contributed by atoms with Crippen LogP contribution >= 0.6 is 0 Å². The minimum absolute atomic E-state index is 0.334. The highest BCUT2D eigenvalue weighted by Crippen LogP contribution is 2.18. The van der Waals surface area contributed by atoms with E-state index in [0.717, 1.165) is 5.56 Å². The Balaban J connectivity index is 1.90. The molecule has 6 heteroatoms. The van der Waals surface area contributed by atoms with Crippen LogP contribution < -0.4 is 5.73 Å².